The van der Waals surface area contributed by atoms with Gasteiger partial charge in [0.15, 0.2) is 5.11 Å². The standard InChI is InChI=1S/C16H16ClN3O2S/c1-10-7-12(17)3-4-14(10)20-16(23)19-9-13-8-11(5-6-18-13)15(21)22-2/h3-8H,9H2,1-2H3,(H2,19,20,23). The van der Waals surface area contributed by atoms with Crippen molar-refractivity contribution >= 4 is 40.6 Å². The highest BCUT2D eigenvalue weighted by Gasteiger charge is 2.07. The summed E-state index contributed by atoms with van der Waals surface area (Å²) in [5.41, 5.74) is 3.01. The van der Waals surface area contributed by atoms with Gasteiger partial charge >= 0.3 is 5.97 Å². The Balaban J connectivity index is 1.95. The molecule has 0 radical (unpaired) electrons. The van der Waals surface area contributed by atoms with Crippen LogP contribution < -0.4 is 10.6 Å². The number of halogens is 1. The van der Waals surface area contributed by atoms with E-state index in [9.17, 15) is 4.79 Å². The number of thiocarbonyl (C=S) groups is 1. The number of benzene rings is 1. The molecular formula is C16H16ClN3O2S. The zero-order chi connectivity index (χ0) is 16.8. The van der Waals surface area contributed by atoms with Crippen molar-refractivity contribution in [2.75, 3.05) is 12.4 Å². The number of carbonyl (C=O) groups is 1. The minimum atomic E-state index is -0.397. The average Bonchev–Trinajstić information content (AvgIpc) is 2.55. The smallest absolute Gasteiger partial charge is 0.337 e. The minimum absolute atomic E-state index is 0.392. The summed E-state index contributed by atoms with van der Waals surface area (Å²) in [6, 6.07) is 8.77. The maximum absolute atomic E-state index is 11.5. The van der Waals surface area contributed by atoms with E-state index in [0.29, 0.717) is 27.9 Å². The first kappa shape index (κ1) is 17.2. The van der Waals surface area contributed by atoms with Crippen molar-refractivity contribution in [3.05, 3.63) is 58.4 Å². The van der Waals surface area contributed by atoms with Crippen LogP contribution in [-0.2, 0) is 11.3 Å². The Morgan fingerprint density at radius 3 is 2.83 bits per heavy atom. The van der Waals surface area contributed by atoms with E-state index in [1.807, 2.05) is 19.1 Å². The molecule has 1 aromatic carbocycles. The predicted octanol–water partition coefficient (Wildman–Crippen LogP) is 3.32. The molecule has 120 valence electrons. The van der Waals surface area contributed by atoms with Crippen molar-refractivity contribution in [2.45, 2.75) is 13.5 Å². The molecule has 1 heterocycles. The monoisotopic (exact) mass is 349 g/mol. The lowest BCUT2D eigenvalue weighted by Gasteiger charge is -2.12. The van der Waals surface area contributed by atoms with Crippen molar-refractivity contribution in [2.24, 2.45) is 0 Å². The molecule has 0 aliphatic heterocycles. The molecule has 0 spiro atoms. The summed E-state index contributed by atoms with van der Waals surface area (Å²) in [5, 5.41) is 7.28. The van der Waals surface area contributed by atoms with Gasteiger partial charge in [0.1, 0.15) is 0 Å². The largest absolute Gasteiger partial charge is 0.465 e. The van der Waals surface area contributed by atoms with Gasteiger partial charge in [-0.2, -0.15) is 0 Å². The summed E-state index contributed by atoms with van der Waals surface area (Å²) >= 11 is 11.2. The van der Waals surface area contributed by atoms with Crippen LogP contribution in [0.3, 0.4) is 0 Å². The van der Waals surface area contributed by atoms with E-state index in [0.717, 1.165) is 11.3 Å². The number of ether oxygens (including phenoxy) is 1. The van der Waals surface area contributed by atoms with E-state index in [4.69, 9.17) is 23.8 Å². The lowest BCUT2D eigenvalue weighted by molar-refractivity contribution is 0.0600. The topological polar surface area (TPSA) is 63.2 Å². The second-order valence-electron chi connectivity index (χ2n) is 4.79. The third-order valence-electron chi connectivity index (χ3n) is 3.10. The molecule has 0 aliphatic rings. The molecule has 0 atom stereocenters. The summed E-state index contributed by atoms with van der Waals surface area (Å²) in [6.45, 7) is 2.33. The van der Waals surface area contributed by atoms with Gasteiger partial charge in [0, 0.05) is 16.9 Å². The summed E-state index contributed by atoms with van der Waals surface area (Å²) < 4.78 is 4.68. The second-order valence-corrected chi connectivity index (χ2v) is 5.64. The van der Waals surface area contributed by atoms with Crippen LogP contribution in [0.2, 0.25) is 5.02 Å². The number of esters is 1. The van der Waals surface area contributed by atoms with Gasteiger partial charge in [-0.1, -0.05) is 11.6 Å². The van der Waals surface area contributed by atoms with Crippen LogP contribution in [0.15, 0.2) is 36.5 Å². The highest BCUT2D eigenvalue weighted by atomic mass is 35.5. The van der Waals surface area contributed by atoms with E-state index >= 15 is 0 Å². The summed E-state index contributed by atoms with van der Waals surface area (Å²) in [5.74, 6) is -0.397. The highest BCUT2D eigenvalue weighted by molar-refractivity contribution is 7.80. The van der Waals surface area contributed by atoms with Gasteiger partial charge in [-0.25, -0.2) is 4.79 Å². The Hall–Kier alpha value is -2.18. The zero-order valence-electron chi connectivity index (χ0n) is 12.7. The third kappa shape index (κ3) is 4.91. The summed E-state index contributed by atoms with van der Waals surface area (Å²) in [6.07, 6.45) is 1.56. The first-order valence-electron chi connectivity index (χ1n) is 6.84. The number of methoxy groups -OCH3 is 1. The van der Waals surface area contributed by atoms with Crippen molar-refractivity contribution < 1.29 is 9.53 Å². The third-order valence-corrected chi connectivity index (χ3v) is 3.59. The number of aryl methyl sites for hydroxylation is 1. The molecule has 23 heavy (non-hydrogen) atoms. The molecular weight excluding hydrogens is 334 g/mol. The van der Waals surface area contributed by atoms with Crippen molar-refractivity contribution in [1.29, 1.82) is 0 Å². The number of nitrogens with zero attached hydrogens (tertiary/aromatic N) is 1. The lowest BCUT2D eigenvalue weighted by Crippen LogP contribution is -2.28. The van der Waals surface area contributed by atoms with Crippen molar-refractivity contribution in [3.8, 4) is 0 Å². The van der Waals surface area contributed by atoms with Crippen LogP contribution in [0.5, 0.6) is 0 Å². The SMILES string of the molecule is COC(=O)c1ccnc(CNC(=S)Nc2ccc(Cl)cc2C)c1. The highest BCUT2D eigenvalue weighted by Crippen LogP contribution is 2.19. The summed E-state index contributed by atoms with van der Waals surface area (Å²) in [4.78, 5) is 15.7. The predicted molar refractivity (Wildman–Crippen MR) is 94.8 cm³/mol. The Bertz CT molecular complexity index is 737. The first-order chi connectivity index (χ1) is 11.0. The van der Waals surface area contributed by atoms with Crippen LogP contribution >= 0.6 is 23.8 Å². The number of anilines is 1. The number of hydrogen-bond donors (Lipinski definition) is 2. The van der Waals surface area contributed by atoms with E-state index < -0.39 is 5.97 Å². The fourth-order valence-corrected chi connectivity index (χ4v) is 2.33. The van der Waals surface area contributed by atoms with Crippen LogP contribution in [0, 0.1) is 6.92 Å². The molecule has 0 unspecified atom stereocenters. The first-order valence-corrected chi connectivity index (χ1v) is 7.62. The maximum Gasteiger partial charge on any atom is 0.337 e. The Kier molecular flexibility index (Phi) is 5.90. The van der Waals surface area contributed by atoms with Gasteiger partial charge in [0.2, 0.25) is 0 Å². The van der Waals surface area contributed by atoms with E-state index in [1.165, 1.54) is 7.11 Å². The second kappa shape index (κ2) is 7.89. The molecule has 2 aromatic rings. The molecule has 0 saturated heterocycles. The molecule has 0 fully saturated rings. The molecule has 0 bridgehead atoms. The van der Waals surface area contributed by atoms with Crippen LogP contribution in [-0.4, -0.2) is 23.2 Å². The molecule has 0 saturated carbocycles. The van der Waals surface area contributed by atoms with Gasteiger partial charge in [-0.15, -0.1) is 0 Å². The number of rotatable bonds is 4. The van der Waals surface area contributed by atoms with Gasteiger partial charge in [-0.05, 0) is 55.0 Å². The van der Waals surface area contributed by atoms with Crippen molar-refractivity contribution in [3.63, 3.8) is 0 Å². The molecule has 1 aromatic heterocycles. The fraction of sp³-hybridized carbons (Fsp3) is 0.188. The maximum atomic E-state index is 11.5. The van der Waals surface area contributed by atoms with E-state index in [2.05, 4.69) is 20.4 Å². The number of aromatic nitrogens is 1. The molecule has 0 aliphatic carbocycles. The van der Waals surface area contributed by atoms with Gasteiger partial charge in [0.25, 0.3) is 0 Å². The molecule has 2 N–H and O–H groups in total. The van der Waals surface area contributed by atoms with E-state index in [1.54, 1.807) is 24.4 Å². The normalized spacial score (nSPS) is 10.0. The molecule has 2 rings (SSSR count). The Morgan fingerprint density at radius 2 is 2.13 bits per heavy atom. The summed E-state index contributed by atoms with van der Waals surface area (Å²) in [7, 11) is 1.34. The van der Waals surface area contributed by atoms with E-state index in [-0.39, 0.29) is 0 Å². The zero-order valence-corrected chi connectivity index (χ0v) is 14.3. The van der Waals surface area contributed by atoms with Crippen LogP contribution in [0.1, 0.15) is 21.6 Å². The number of hydrogen-bond acceptors (Lipinski definition) is 4. The molecule has 7 heteroatoms. The van der Waals surface area contributed by atoms with Gasteiger partial charge in [0.05, 0.1) is 24.9 Å². The number of pyridine rings is 1. The van der Waals surface area contributed by atoms with Gasteiger partial charge in [-0.3, -0.25) is 4.98 Å². The van der Waals surface area contributed by atoms with Gasteiger partial charge < -0.3 is 15.4 Å². The van der Waals surface area contributed by atoms with Crippen LogP contribution in [0.25, 0.3) is 0 Å². The molecule has 5 nitrogen and oxygen atoms in total. The number of nitrogens with one attached hydrogen (secondary N) is 2. The van der Waals surface area contributed by atoms with Crippen molar-refractivity contribution in [1.82, 2.24) is 10.3 Å². The Labute approximate surface area is 145 Å². The fourth-order valence-electron chi connectivity index (χ4n) is 1.92. The average molecular weight is 350 g/mol. The molecule has 0 amide bonds. The minimum Gasteiger partial charge on any atom is -0.465 e. The lowest BCUT2D eigenvalue weighted by atomic mass is 10.2. The van der Waals surface area contributed by atoms with Crippen LogP contribution in [0.4, 0.5) is 5.69 Å². The quantitative estimate of drug-likeness (QED) is 0.652. The number of carbonyl (C=O) groups excluding carboxylic acids is 1. The Morgan fingerprint density at radius 1 is 1.35 bits per heavy atom.